The molecule has 1 heterocycles. The molecule has 18 heteroatoms. The van der Waals surface area contributed by atoms with Crippen LogP contribution in [0.4, 0.5) is 13.6 Å². The average molecular weight is 836 g/mol. The zero-order valence-corrected chi connectivity index (χ0v) is 34.2. The molecule has 3 aliphatic carbocycles. The number of hydrogen-bond donors (Lipinski definition) is 4. The summed E-state index contributed by atoms with van der Waals surface area (Å²) in [4.78, 5) is 81.5. The molecule has 4 aliphatic rings. The molecule has 3 fully saturated rings. The highest BCUT2D eigenvalue weighted by molar-refractivity contribution is 5.95. The van der Waals surface area contributed by atoms with Gasteiger partial charge in [0.15, 0.2) is 23.6 Å². The molecule has 324 valence electrons. The second kappa shape index (κ2) is 16.0. The summed E-state index contributed by atoms with van der Waals surface area (Å²) in [5.41, 5.74) is -9.41. The fourth-order valence-corrected chi connectivity index (χ4v) is 9.17. The lowest BCUT2D eigenvalue weighted by Gasteiger charge is -2.67. The summed E-state index contributed by atoms with van der Waals surface area (Å²) in [6, 6.07) is 5.48. The number of ether oxygens (including phenoxy) is 6. The van der Waals surface area contributed by atoms with Gasteiger partial charge in [0.25, 0.3) is 6.08 Å². The molecule has 59 heavy (non-hydrogen) atoms. The van der Waals surface area contributed by atoms with Crippen molar-refractivity contribution < 1.29 is 81.3 Å². The molecule has 11 atom stereocenters. The third-order valence-corrected chi connectivity index (χ3v) is 12.0. The largest absolute Gasteiger partial charge is 0.456 e. The molecular weight excluding hydrogens is 784 g/mol. The van der Waals surface area contributed by atoms with Crippen LogP contribution in [0.15, 0.2) is 53.6 Å². The molecule has 1 aromatic rings. The van der Waals surface area contributed by atoms with Crippen LogP contribution in [-0.2, 0) is 47.6 Å². The minimum absolute atomic E-state index is 0.00613. The van der Waals surface area contributed by atoms with Gasteiger partial charge in [0, 0.05) is 38.2 Å². The van der Waals surface area contributed by atoms with Crippen molar-refractivity contribution in [2.45, 2.75) is 135 Å². The number of esters is 4. The summed E-state index contributed by atoms with van der Waals surface area (Å²) in [6.45, 7) is 11.9. The van der Waals surface area contributed by atoms with E-state index >= 15 is 4.79 Å². The third-order valence-electron chi connectivity index (χ3n) is 12.0. The minimum atomic E-state index is -2.51. The summed E-state index contributed by atoms with van der Waals surface area (Å²) in [7, 11) is 0. The van der Waals surface area contributed by atoms with Crippen LogP contribution in [0.25, 0.3) is 0 Å². The molecule has 0 radical (unpaired) electrons. The molecule has 1 aliphatic heterocycles. The van der Waals surface area contributed by atoms with Gasteiger partial charge in [0.05, 0.1) is 35.6 Å². The zero-order valence-electron chi connectivity index (χ0n) is 34.2. The van der Waals surface area contributed by atoms with Crippen molar-refractivity contribution >= 4 is 35.8 Å². The van der Waals surface area contributed by atoms with E-state index in [4.69, 9.17) is 28.4 Å². The molecule has 1 amide bonds. The Balaban J connectivity index is 1.73. The van der Waals surface area contributed by atoms with Crippen LogP contribution in [-0.4, -0.2) is 117 Å². The number of halogens is 2. The van der Waals surface area contributed by atoms with Crippen LogP contribution in [0.2, 0.25) is 0 Å². The minimum Gasteiger partial charge on any atom is -0.456 e. The fraction of sp³-hybridized carbons (Fsp3) is 0.610. The summed E-state index contributed by atoms with van der Waals surface area (Å²) in [5.74, 6) is -6.96. The van der Waals surface area contributed by atoms with Crippen molar-refractivity contribution in [1.82, 2.24) is 5.32 Å². The summed E-state index contributed by atoms with van der Waals surface area (Å²) < 4.78 is 61.8. The number of carbonyl (C=O) groups is 6. The standard InChI is InChI=1S/C41H51F2NO15/c1-19-24(56-35(51)29(48)23(15-27(42)43)44-36(52)59-37(4,5)6)17-41(53)33(57-34(50)22-13-11-10-12-14-22)31-39(9,25(47)16-26-40(31,18-54-26)58-21(3)46)32(49)30(55-20(2)45)28(19)38(41,7)8/h10-15,23-26,29-31,33,47-48,53H,16-18H2,1-9H3,(H,44,52)/t23-,24-,25-,26+,29+,30+,31-,33-,39+,40-,41+/m0/s1. The van der Waals surface area contributed by atoms with Crippen molar-refractivity contribution in [3.63, 3.8) is 0 Å². The van der Waals surface area contributed by atoms with Crippen LogP contribution < -0.4 is 5.32 Å². The van der Waals surface area contributed by atoms with Crippen molar-refractivity contribution in [2.75, 3.05) is 6.61 Å². The maximum atomic E-state index is 15.3. The van der Waals surface area contributed by atoms with E-state index in [0.717, 1.165) is 13.8 Å². The molecule has 1 saturated heterocycles. The molecule has 2 bridgehead atoms. The first-order chi connectivity index (χ1) is 27.2. The Labute approximate surface area is 339 Å². The number of ketones is 1. The van der Waals surface area contributed by atoms with Gasteiger partial charge in [-0.3, -0.25) is 14.4 Å². The van der Waals surface area contributed by atoms with Crippen molar-refractivity contribution in [1.29, 1.82) is 0 Å². The Morgan fingerprint density at radius 3 is 2.15 bits per heavy atom. The highest BCUT2D eigenvalue weighted by Gasteiger charge is 2.78. The van der Waals surface area contributed by atoms with Crippen molar-refractivity contribution in [2.24, 2.45) is 16.7 Å². The Bertz CT molecular complexity index is 1940. The van der Waals surface area contributed by atoms with Crippen LogP contribution >= 0.6 is 0 Å². The zero-order chi connectivity index (χ0) is 44.2. The number of aliphatic hydroxyl groups is 3. The van der Waals surface area contributed by atoms with E-state index in [1.54, 1.807) is 18.2 Å². The van der Waals surface area contributed by atoms with E-state index in [1.807, 2.05) is 5.32 Å². The third kappa shape index (κ3) is 8.11. The van der Waals surface area contributed by atoms with Crippen LogP contribution in [0.1, 0.15) is 85.5 Å². The molecule has 0 unspecified atom stereocenters. The van der Waals surface area contributed by atoms with Crippen molar-refractivity contribution in [3.05, 3.63) is 59.2 Å². The molecular formula is C41H51F2NO15. The Hall–Kier alpha value is -4.78. The normalized spacial score (nSPS) is 33.2. The summed E-state index contributed by atoms with van der Waals surface area (Å²) >= 11 is 0. The summed E-state index contributed by atoms with van der Waals surface area (Å²) in [5, 5.41) is 38.5. The van der Waals surface area contributed by atoms with E-state index < -0.39 is 124 Å². The number of aliphatic hydroxyl groups excluding tert-OH is 2. The smallest absolute Gasteiger partial charge is 0.408 e. The monoisotopic (exact) mass is 835 g/mol. The predicted molar refractivity (Wildman–Crippen MR) is 198 cm³/mol. The fourth-order valence-electron chi connectivity index (χ4n) is 9.17. The van der Waals surface area contributed by atoms with Crippen molar-refractivity contribution in [3.8, 4) is 0 Å². The number of rotatable bonds is 9. The molecule has 0 aromatic heterocycles. The van der Waals surface area contributed by atoms with Gasteiger partial charge in [-0.1, -0.05) is 32.0 Å². The SMILES string of the molecule is CC(=O)O[C@H]1C(=O)[C@@]2(C)[C@H]([C@H](OC(=O)c3ccccc3)[C@]3(O)C[C@H](OC(=O)[C@H](O)[C@H](C=C(F)F)NC(=O)OC(C)(C)C)C(C)=C1C3(C)C)[C@]1(OC(C)=O)CO[C@@H]1C[C@@H]2O. The van der Waals surface area contributed by atoms with Gasteiger partial charge >= 0.3 is 30.0 Å². The van der Waals surface area contributed by atoms with Gasteiger partial charge in [-0.2, -0.15) is 8.78 Å². The highest BCUT2D eigenvalue weighted by Crippen LogP contribution is 2.64. The molecule has 2 saturated carbocycles. The van der Waals surface area contributed by atoms with Gasteiger partial charge in [0.1, 0.15) is 29.5 Å². The van der Waals surface area contributed by atoms with Gasteiger partial charge in [-0.15, -0.1) is 0 Å². The first-order valence-electron chi connectivity index (χ1n) is 19.0. The molecule has 4 N–H and O–H groups in total. The lowest BCUT2D eigenvalue weighted by atomic mass is 9.44. The topological polar surface area (TPSA) is 231 Å². The van der Waals surface area contributed by atoms with E-state index in [-0.39, 0.29) is 35.8 Å². The quantitative estimate of drug-likeness (QED) is 0.159. The number of carbonyl (C=O) groups excluding carboxylic acids is 6. The number of nitrogens with one attached hydrogen (secondary N) is 1. The molecule has 16 nitrogen and oxygen atoms in total. The molecule has 1 aromatic carbocycles. The lowest BCUT2D eigenvalue weighted by molar-refractivity contribution is -0.346. The van der Waals surface area contributed by atoms with Crippen LogP contribution in [0.5, 0.6) is 0 Å². The number of benzene rings is 1. The highest BCUT2D eigenvalue weighted by atomic mass is 19.3. The maximum Gasteiger partial charge on any atom is 0.408 e. The molecule has 5 rings (SSSR count). The van der Waals surface area contributed by atoms with Gasteiger partial charge in [-0.25, -0.2) is 14.4 Å². The second-order valence-corrected chi connectivity index (χ2v) is 17.3. The number of Topliss-reactive ketones (excluding diaryl/α,β-unsaturated/α-hetero) is 1. The molecule has 0 spiro atoms. The summed E-state index contributed by atoms with van der Waals surface area (Å²) in [6.07, 6.45) is -15.2. The van der Waals surface area contributed by atoms with E-state index in [2.05, 4.69) is 0 Å². The number of amides is 1. The first kappa shape index (κ1) is 45.3. The van der Waals surface area contributed by atoms with Gasteiger partial charge in [-0.05, 0) is 57.9 Å². The lowest BCUT2D eigenvalue weighted by Crippen LogP contribution is -2.82. The number of fused-ring (bicyclic) bond motifs is 5. The Morgan fingerprint density at radius 1 is 1.00 bits per heavy atom. The van der Waals surface area contributed by atoms with Gasteiger partial charge in [0.2, 0.25) is 0 Å². The first-order valence-corrected chi connectivity index (χ1v) is 19.0. The van der Waals surface area contributed by atoms with E-state index in [1.165, 1.54) is 60.6 Å². The van der Waals surface area contributed by atoms with E-state index in [0.29, 0.717) is 0 Å². The number of hydrogen-bond acceptors (Lipinski definition) is 15. The van der Waals surface area contributed by atoms with Crippen LogP contribution in [0, 0.1) is 16.7 Å². The maximum absolute atomic E-state index is 15.3. The van der Waals surface area contributed by atoms with E-state index in [9.17, 15) is 48.1 Å². The Morgan fingerprint density at radius 2 is 1.63 bits per heavy atom. The average Bonchev–Trinajstić information content (AvgIpc) is 3.11. The Kier molecular flexibility index (Phi) is 12.3. The van der Waals surface area contributed by atoms with Gasteiger partial charge < -0.3 is 49.1 Å². The van der Waals surface area contributed by atoms with Crippen LogP contribution in [0.3, 0.4) is 0 Å². The number of alkyl carbamates (subject to hydrolysis) is 1. The predicted octanol–water partition coefficient (Wildman–Crippen LogP) is 3.24. The second-order valence-electron chi connectivity index (χ2n) is 17.3.